The first-order chi connectivity index (χ1) is 11.6. The quantitative estimate of drug-likeness (QED) is 0.908. The van der Waals surface area contributed by atoms with Gasteiger partial charge >= 0.3 is 0 Å². The molecule has 1 saturated heterocycles. The normalized spacial score (nSPS) is 15.8. The third kappa shape index (κ3) is 3.94. The van der Waals surface area contributed by atoms with Crippen molar-refractivity contribution in [1.29, 1.82) is 0 Å². The van der Waals surface area contributed by atoms with Crippen molar-refractivity contribution in [3.63, 3.8) is 0 Å². The molecule has 0 spiro atoms. The number of halogens is 1. The molecule has 2 aromatic rings. The number of hydrogen-bond donors (Lipinski definition) is 1. The average Bonchev–Trinajstić information content (AvgIpc) is 2.63. The van der Waals surface area contributed by atoms with Crippen LogP contribution in [0, 0.1) is 5.82 Å². The third-order valence-corrected chi connectivity index (χ3v) is 4.57. The zero-order valence-corrected chi connectivity index (χ0v) is 14.0. The molecule has 0 bridgehead atoms. The summed E-state index contributed by atoms with van der Waals surface area (Å²) in [6, 6.07) is 13.8. The summed E-state index contributed by atoms with van der Waals surface area (Å²) < 4.78 is 13.0. The Hall–Kier alpha value is -2.36. The lowest BCUT2D eigenvalue weighted by Gasteiger charge is -2.28. The van der Waals surface area contributed by atoms with E-state index in [0.717, 1.165) is 18.7 Å². The van der Waals surface area contributed by atoms with Crippen LogP contribution >= 0.6 is 0 Å². The zero-order valence-electron chi connectivity index (χ0n) is 14.0. The highest BCUT2D eigenvalue weighted by Gasteiger charge is 2.14. The summed E-state index contributed by atoms with van der Waals surface area (Å²) in [5.74, 6) is -0.386. The van der Waals surface area contributed by atoms with Crippen LogP contribution in [-0.2, 0) is 0 Å². The van der Waals surface area contributed by atoms with Crippen molar-refractivity contribution in [2.24, 2.45) is 0 Å². The minimum atomic E-state index is -0.273. The van der Waals surface area contributed by atoms with Gasteiger partial charge in [-0.25, -0.2) is 4.39 Å². The summed E-state index contributed by atoms with van der Waals surface area (Å²) in [6.07, 6.45) is 3.77. The van der Waals surface area contributed by atoms with Gasteiger partial charge in [-0.15, -0.1) is 0 Å². The van der Waals surface area contributed by atoms with Crippen LogP contribution in [0.4, 0.5) is 10.1 Å². The molecule has 126 valence electrons. The Morgan fingerprint density at radius 2 is 1.62 bits per heavy atom. The Bertz CT molecular complexity index is 676. The van der Waals surface area contributed by atoms with Crippen LogP contribution in [0.5, 0.6) is 0 Å². The zero-order chi connectivity index (χ0) is 16.9. The maximum atomic E-state index is 13.0. The fourth-order valence-corrected chi connectivity index (χ4v) is 3.09. The Balaban J connectivity index is 1.63. The van der Waals surface area contributed by atoms with Crippen LogP contribution < -0.4 is 10.2 Å². The number of carbonyl (C=O) groups is 1. The van der Waals surface area contributed by atoms with Gasteiger partial charge in [-0.1, -0.05) is 12.1 Å². The molecule has 2 aromatic carbocycles. The smallest absolute Gasteiger partial charge is 0.251 e. The number of nitrogens with one attached hydrogen (secondary N) is 1. The lowest BCUT2D eigenvalue weighted by atomic mass is 10.1. The maximum absolute atomic E-state index is 13.0. The molecule has 4 heteroatoms. The second-order valence-corrected chi connectivity index (χ2v) is 6.34. The number of anilines is 1. The van der Waals surface area contributed by atoms with Crippen LogP contribution in [0.2, 0.25) is 0 Å². The molecule has 1 fully saturated rings. The first-order valence-corrected chi connectivity index (χ1v) is 8.55. The van der Waals surface area contributed by atoms with Gasteiger partial charge in [-0.3, -0.25) is 4.79 Å². The van der Waals surface area contributed by atoms with Gasteiger partial charge < -0.3 is 10.2 Å². The van der Waals surface area contributed by atoms with E-state index in [2.05, 4.69) is 10.2 Å². The second-order valence-electron chi connectivity index (χ2n) is 6.34. The maximum Gasteiger partial charge on any atom is 0.251 e. The molecule has 0 aromatic heterocycles. The monoisotopic (exact) mass is 326 g/mol. The Morgan fingerprint density at radius 1 is 1.00 bits per heavy atom. The predicted molar refractivity (Wildman–Crippen MR) is 94.8 cm³/mol. The van der Waals surface area contributed by atoms with Gasteiger partial charge in [0.05, 0.1) is 6.04 Å². The number of rotatable bonds is 4. The molecule has 3 rings (SSSR count). The number of hydrogen-bond acceptors (Lipinski definition) is 2. The van der Waals surface area contributed by atoms with E-state index in [0.29, 0.717) is 5.56 Å². The molecular weight excluding hydrogens is 303 g/mol. The molecule has 1 aliphatic heterocycles. The first kappa shape index (κ1) is 16.5. The standard InChI is InChI=1S/C20H23FN2O/c1-15(16-5-9-18(21)10-6-16)22-20(24)17-7-11-19(12-8-17)23-13-3-2-4-14-23/h5-12,15H,2-4,13-14H2,1H3,(H,22,24)/t15-/m0/s1. The summed E-state index contributed by atoms with van der Waals surface area (Å²) >= 11 is 0. The van der Waals surface area contributed by atoms with Crippen molar-refractivity contribution >= 4 is 11.6 Å². The van der Waals surface area contributed by atoms with Crippen molar-refractivity contribution < 1.29 is 9.18 Å². The molecule has 1 amide bonds. The number of amides is 1. The lowest BCUT2D eigenvalue weighted by molar-refractivity contribution is 0.0940. The van der Waals surface area contributed by atoms with Crippen LogP contribution in [0.1, 0.15) is 48.1 Å². The minimum absolute atomic E-state index is 0.114. The van der Waals surface area contributed by atoms with Crippen LogP contribution in [-0.4, -0.2) is 19.0 Å². The fraction of sp³-hybridized carbons (Fsp3) is 0.350. The van der Waals surface area contributed by atoms with E-state index in [1.807, 2.05) is 31.2 Å². The van der Waals surface area contributed by atoms with Crippen LogP contribution in [0.25, 0.3) is 0 Å². The predicted octanol–water partition coefficient (Wildman–Crippen LogP) is 4.31. The van der Waals surface area contributed by atoms with E-state index >= 15 is 0 Å². The highest BCUT2D eigenvalue weighted by Crippen LogP contribution is 2.20. The number of piperidine rings is 1. The van der Waals surface area contributed by atoms with Crippen LogP contribution in [0.15, 0.2) is 48.5 Å². The molecule has 24 heavy (non-hydrogen) atoms. The van der Waals surface area contributed by atoms with E-state index in [1.165, 1.54) is 37.1 Å². The van der Waals surface area contributed by atoms with E-state index in [4.69, 9.17) is 0 Å². The van der Waals surface area contributed by atoms with E-state index < -0.39 is 0 Å². The van der Waals surface area contributed by atoms with Gasteiger partial charge in [0.1, 0.15) is 5.82 Å². The fourth-order valence-electron chi connectivity index (χ4n) is 3.09. The molecule has 1 aliphatic rings. The average molecular weight is 326 g/mol. The molecule has 1 heterocycles. The molecule has 1 atom stereocenters. The SMILES string of the molecule is C[C@H](NC(=O)c1ccc(N2CCCCC2)cc1)c1ccc(F)cc1. The molecule has 0 radical (unpaired) electrons. The van der Waals surface area contributed by atoms with E-state index in [9.17, 15) is 9.18 Å². The van der Waals surface area contributed by atoms with Crippen molar-refractivity contribution in [2.75, 3.05) is 18.0 Å². The van der Waals surface area contributed by atoms with Crippen molar-refractivity contribution in [1.82, 2.24) is 5.32 Å². The number of nitrogens with zero attached hydrogens (tertiary/aromatic N) is 1. The number of carbonyl (C=O) groups excluding carboxylic acids is 1. The van der Waals surface area contributed by atoms with Gasteiger partial charge in [0.15, 0.2) is 0 Å². The van der Waals surface area contributed by atoms with Crippen molar-refractivity contribution in [2.45, 2.75) is 32.2 Å². The summed E-state index contributed by atoms with van der Waals surface area (Å²) in [7, 11) is 0. The highest BCUT2D eigenvalue weighted by molar-refractivity contribution is 5.94. The lowest BCUT2D eigenvalue weighted by Crippen LogP contribution is -2.29. The topological polar surface area (TPSA) is 32.3 Å². The van der Waals surface area contributed by atoms with Gasteiger partial charge in [0, 0.05) is 24.3 Å². The molecule has 0 unspecified atom stereocenters. The van der Waals surface area contributed by atoms with Gasteiger partial charge in [0.2, 0.25) is 0 Å². The third-order valence-electron chi connectivity index (χ3n) is 4.57. The summed E-state index contributed by atoms with van der Waals surface area (Å²) in [5, 5.41) is 2.96. The Morgan fingerprint density at radius 3 is 2.25 bits per heavy atom. The van der Waals surface area contributed by atoms with E-state index in [1.54, 1.807) is 12.1 Å². The first-order valence-electron chi connectivity index (χ1n) is 8.55. The van der Waals surface area contributed by atoms with Crippen LogP contribution in [0.3, 0.4) is 0 Å². The van der Waals surface area contributed by atoms with Gasteiger partial charge in [-0.2, -0.15) is 0 Å². The minimum Gasteiger partial charge on any atom is -0.372 e. The second kappa shape index (κ2) is 7.47. The number of benzene rings is 2. The molecule has 0 saturated carbocycles. The van der Waals surface area contributed by atoms with Gasteiger partial charge in [0.25, 0.3) is 5.91 Å². The molecule has 1 N–H and O–H groups in total. The molecule has 3 nitrogen and oxygen atoms in total. The van der Waals surface area contributed by atoms with Crippen molar-refractivity contribution in [3.8, 4) is 0 Å². The summed E-state index contributed by atoms with van der Waals surface area (Å²) in [4.78, 5) is 14.8. The van der Waals surface area contributed by atoms with E-state index in [-0.39, 0.29) is 17.8 Å². The molecular formula is C20H23FN2O. The molecule has 0 aliphatic carbocycles. The highest BCUT2D eigenvalue weighted by atomic mass is 19.1. The largest absolute Gasteiger partial charge is 0.372 e. The van der Waals surface area contributed by atoms with Crippen molar-refractivity contribution in [3.05, 3.63) is 65.5 Å². The van der Waals surface area contributed by atoms with Gasteiger partial charge in [-0.05, 0) is 68.1 Å². The summed E-state index contributed by atoms with van der Waals surface area (Å²) in [5.41, 5.74) is 2.71. The summed E-state index contributed by atoms with van der Waals surface area (Å²) in [6.45, 7) is 4.08. The Kier molecular flexibility index (Phi) is 5.14. The Labute approximate surface area is 142 Å².